The SMILES string of the molecule is COc1cc(C=Nc2ccccc2)ccc1OCC(=O)Nc1cccc(C)c1. The van der Waals surface area contributed by atoms with Crippen LogP contribution in [0.4, 0.5) is 11.4 Å². The number of nitrogens with zero attached hydrogens (tertiary/aromatic N) is 1. The molecule has 5 heteroatoms. The normalized spacial score (nSPS) is 10.6. The van der Waals surface area contributed by atoms with Crippen molar-refractivity contribution in [2.24, 2.45) is 4.99 Å². The lowest BCUT2D eigenvalue weighted by Crippen LogP contribution is -2.20. The summed E-state index contributed by atoms with van der Waals surface area (Å²) < 4.78 is 11.0. The summed E-state index contributed by atoms with van der Waals surface area (Å²) in [6, 6.07) is 22.7. The van der Waals surface area contributed by atoms with Crippen molar-refractivity contribution in [3.63, 3.8) is 0 Å². The van der Waals surface area contributed by atoms with E-state index in [0.29, 0.717) is 11.5 Å². The molecule has 28 heavy (non-hydrogen) atoms. The molecule has 0 saturated carbocycles. The van der Waals surface area contributed by atoms with Crippen LogP contribution in [-0.2, 0) is 4.79 Å². The molecule has 142 valence electrons. The van der Waals surface area contributed by atoms with Crippen molar-refractivity contribution >= 4 is 23.5 Å². The van der Waals surface area contributed by atoms with E-state index in [2.05, 4.69) is 10.3 Å². The van der Waals surface area contributed by atoms with Crippen molar-refractivity contribution in [3.05, 3.63) is 83.9 Å². The van der Waals surface area contributed by atoms with Crippen molar-refractivity contribution in [2.75, 3.05) is 19.0 Å². The fraction of sp³-hybridized carbons (Fsp3) is 0.130. The summed E-state index contributed by atoms with van der Waals surface area (Å²) in [6.07, 6.45) is 1.76. The van der Waals surface area contributed by atoms with Gasteiger partial charge in [-0.05, 0) is 60.5 Å². The standard InChI is InChI=1S/C23H22N2O3/c1-17-7-6-10-20(13-17)25-23(26)16-28-21-12-11-18(14-22(21)27-2)15-24-19-8-4-3-5-9-19/h3-15H,16H2,1-2H3,(H,25,26). The Labute approximate surface area is 164 Å². The molecule has 0 spiro atoms. The first-order chi connectivity index (χ1) is 13.6. The predicted molar refractivity (Wildman–Crippen MR) is 112 cm³/mol. The Balaban J connectivity index is 1.62. The second-order valence-electron chi connectivity index (χ2n) is 6.21. The van der Waals surface area contributed by atoms with E-state index in [1.807, 2.05) is 73.7 Å². The Hall–Kier alpha value is -3.60. The van der Waals surface area contributed by atoms with Gasteiger partial charge >= 0.3 is 0 Å². The number of aryl methyl sites for hydroxylation is 1. The molecule has 0 heterocycles. The van der Waals surface area contributed by atoms with E-state index in [1.54, 1.807) is 19.4 Å². The first-order valence-corrected chi connectivity index (χ1v) is 8.90. The van der Waals surface area contributed by atoms with Gasteiger partial charge in [0.15, 0.2) is 18.1 Å². The first-order valence-electron chi connectivity index (χ1n) is 8.90. The number of carbonyl (C=O) groups is 1. The number of rotatable bonds is 7. The molecule has 0 aliphatic heterocycles. The van der Waals surface area contributed by atoms with Crippen LogP contribution < -0.4 is 14.8 Å². The Bertz CT molecular complexity index is 969. The number of benzene rings is 3. The molecule has 3 aromatic rings. The van der Waals surface area contributed by atoms with Gasteiger partial charge in [0.2, 0.25) is 0 Å². The van der Waals surface area contributed by atoms with Crippen molar-refractivity contribution < 1.29 is 14.3 Å². The quantitative estimate of drug-likeness (QED) is 0.606. The van der Waals surface area contributed by atoms with Crippen LogP contribution in [0.5, 0.6) is 11.5 Å². The van der Waals surface area contributed by atoms with Crippen molar-refractivity contribution in [2.45, 2.75) is 6.92 Å². The topological polar surface area (TPSA) is 59.9 Å². The molecule has 0 atom stereocenters. The molecule has 1 amide bonds. The zero-order chi connectivity index (χ0) is 19.8. The second-order valence-corrected chi connectivity index (χ2v) is 6.21. The van der Waals surface area contributed by atoms with E-state index in [-0.39, 0.29) is 12.5 Å². The summed E-state index contributed by atoms with van der Waals surface area (Å²) >= 11 is 0. The van der Waals surface area contributed by atoms with Gasteiger partial charge in [-0.1, -0.05) is 30.3 Å². The number of anilines is 1. The van der Waals surface area contributed by atoms with Crippen LogP contribution >= 0.6 is 0 Å². The van der Waals surface area contributed by atoms with Gasteiger partial charge in [0.05, 0.1) is 12.8 Å². The maximum atomic E-state index is 12.1. The number of ether oxygens (including phenoxy) is 2. The molecule has 3 rings (SSSR count). The van der Waals surface area contributed by atoms with E-state index in [0.717, 1.165) is 22.5 Å². The van der Waals surface area contributed by atoms with Gasteiger partial charge in [-0.3, -0.25) is 9.79 Å². The summed E-state index contributed by atoms with van der Waals surface area (Å²) in [6.45, 7) is 1.86. The number of hydrogen-bond donors (Lipinski definition) is 1. The van der Waals surface area contributed by atoms with Gasteiger partial charge in [0.25, 0.3) is 5.91 Å². The number of aliphatic imine (C=N–C) groups is 1. The lowest BCUT2D eigenvalue weighted by Gasteiger charge is -2.11. The maximum Gasteiger partial charge on any atom is 0.262 e. The highest BCUT2D eigenvalue weighted by Gasteiger charge is 2.09. The van der Waals surface area contributed by atoms with E-state index in [9.17, 15) is 4.79 Å². The number of nitrogens with one attached hydrogen (secondary N) is 1. The lowest BCUT2D eigenvalue weighted by molar-refractivity contribution is -0.118. The molecule has 0 radical (unpaired) electrons. The third-order valence-electron chi connectivity index (χ3n) is 3.97. The van der Waals surface area contributed by atoms with Gasteiger partial charge in [0.1, 0.15) is 0 Å². The van der Waals surface area contributed by atoms with Crippen LogP contribution in [0.2, 0.25) is 0 Å². The Kier molecular flexibility index (Phi) is 6.41. The molecule has 0 bridgehead atoms. The summed E-state index contributed by atoms with van der Waals surface area (Å²) in [4.78, 5) is 16.5. The van der Waals surface area contributed by atoms with Crippen LogP contribution in [0.3, 0.4) is 0 Å². The summed E-state index contributed by atoms with van der Waals surface area (Å²) in [5.74, 6) is 0.807. The predicted octanol–water partition coefficient (Wildman–Crippen LogP) is 4.77. The molecule has 0 aromatic heterocycles. The average molecular weight is 374 g/mol. The molecule has 0 saturated heterocycles. The van der Waals surface area contributed by atoms with Crippen LogP contribution in [-0.4, -0.2) is 25.8 Å². The Morgan fingerprint density at radius 2 is 1.82 bits per heavy atom. The minimum atomic E-state index is -0.234. The van der Waals surface area contributed by atoms with E-state index >= 15 is 0 Å². The van der Waals surface area contributed by atoms with Crippen molar-refractivity contribution in [1.29, 1.82) is 0 Å². The minimum Gasteiger partial charge on any atom is -0.493 e. The third-order valence-corrected chi connectivity index (χ3v) is 3.97. The highest BCUT2D eigenvalue weighted by molar-refractivity contribution is 5.92. The average Bonchev–Trinajstić information content (AvgIpc) is 2.71. The molecule has 0 unspecified atom stereocenters. The van der Waals surface area contributed by atoms with Crippen LogP contribution in [0.25, 0.3) is 0 Å². The zero-order valence-electron chi connectivity index (χ0n) is 15.9. The molecule has 0 aliphatic carbocycles. The lowest BCUT2D eigenvalue weighted by atomic mass is 10.2. The van der Waals surface area contributed by atoms with E-state index < -0.39 is 0 Å². The van der Waals surface area contributed by atoms with Crippen molar-refractivity contribution in [1.82, 2.24) is 0 Å². The maximum absolute atomic E-state index is 12.1. The summed E-state index contributed by atoms with van der Waals surface area (Å²) in [5.41, 5.74) is 3.56. The smallest absolute Gasteiger partial charge is 0.262 e. The monoisotopic (exact) mass is 374 g/mol. The fourth-order valence-electron chi connectivity index (χ4n) is 2.61. The number of hydrogen-bond acceptors (Lipinski definition) is 4. The number of methoxy groups -OCH3 is 1. The number of para-hydroxylation sites is 1. The van der Waals surface area contributed by atoms with Gasteiger partial charge in [-0.15, -0.1) is 0 Å². The van der Waals surface area contributed by atoms with E-state index in [1.165, 1.54) is 0 Å². The second kappa shape index (κ2) is 9.37. The molecular weight excluding hydrogens is 352 g/mol. The molecule has 3 aromatic carbocycles. The fourth-order valence-corrected chi connectivity index (χ4v) is 2.61. The minimum absolute atomic E-state index is 0.109. The number of carbonyl (C=O) groups excluding carboxylic acids is 1. The van der Waals surface area contributed by atoms with Crippen LogP contribution in [0, 0.1) is 6.92 Å². The molecule has 0 fully saturated rings. The summed E-state index contributed by atoms with van der Waals surface area (Å²) in [5, 5.41) is 2.81. The molecule has 1 N–H and O–H groups in total. The first kappa shape index (κ1) is 19.2. The third kappa shape index (κ3) is 5.45. The highest BCUT2D eigenvalue weighted by atomic mass is 16.5. The van der Waals surface area contributed by atoms with Gasteiger partial charge in [0, 0.05) is 11.9 Å². The number of amides is 1. The largest absolute Gasteiger partial charge is 0.493 e. The Morgan fingerprint density at radius 1 is 1.00 bits per heavy atom. The van der Waals surface area contributed by atoms with Crippen LogP contribution in [0.15, 0.2) is 77.8 Å². The highest BCUT2D eigenvalue weighted by Crippen LogP contribution is 2.28. The van der Waals surface area contributed by atoms with Gasteiger partial charge in [-0.25, -0.2) is 0 Å². The Morgan fingerprint density at radius 3 is 2.57 bits per heavy atom. The van der Waals surface area contributed by atoms with Crippen molar-refractivity contribution in [3.8, 4) is 11.5 Å². The van der Waals surface area contributed by atoms with E-state index in [4.69, 9.17) is 9.47 Å². The summed E-state index contributed by atoms with van der Waals surface area (Å²) in [7, 11) is 1.56. The molecule has 0 aliphatic rings. The molecule has 5 nitrogen and oxygen atoms in total. The van der Waals surface area contributed by atoms with Crippen LogP contribution in [0.1, 0.15) is 11.1 Å². The van der Waals surface area contributed by atoms with Gasteiger partial charge < -0.3 is 14.8 Å². The zero-order valence-corrected chi connectivity index (χ0v) is 15.9. The van der Waals surface area contributed by atoms with Gasteiger partial charge in [-0.2, -0.15) is 0 Å². The molecular formula is C23H22N2O3.